The summed E-state index contributed by atoms with van der Waals surface area (Å²) in [5.41, 5.74) is 1.72. The number of rotatable bonds is 6. The number of carbonyl (C=O) groups excluding carboxylic acids is 1. The molecule has 4 aromatic rings. The SMILES string of the molecule is CSc1nc2ccc(NC(=O)CCc3nc(-c4cccs4)no3)cc2s1. The summed E-state index contributed by atoms with van der Waals surface area (Å²) in [5.74, 6) is 0.941. The number of fused-ring (bicyclic) bond motifs is 1. The van der Waals surface area contributed by atoms with Gasteiger partial charge in [-0.05, 0) is 35.9 Å². The normalized spacial score (nSPS) is 11.1. The minimum Gasteiger partial charge on any atom is -0.339 e. The van der Waals surface area contributed by atoms with Crippen LogP contribution in [0.2, 0.25) is 0 Å². The number of hydrogen-bond acceptors (Lipinski definition) is 8. The summed E-state index contributed by atoms with van der Waals surface area (Å²) in [7, 11) is 0. The second-order valence-electron chi connectivity index (χ2n) is 5.40. The van der Waals surface area contributed by atoms with Gasteiger partial charge in [0.2, 0.25) is 17.6 Å². The van der Waals surface area contributed by atoms with E-state index in [0.717, 1.165) is 25.1 Å². The Balaban J connectivity index is 1.36. The summed E-state index contributed by atoms with van der Waals surface area (Å²) in [4.78, 5) is 22.0. The van der Waals surface area contributed by atoms with Gasteiger partial charge < -0.3 is 9.84 Å². The first-order valence-corrected chi connectivity index (χ1v) is 10.7. The van der Waals surface area contributed by atoms with Crippen LogP contribution < -0.4 is 5.32 Å². The Labute approximate surface area is 161 Å². The van der Waals surface area contributed by atoms with Crippen LogP contribution in [0.4, 0.5) is 5.69 Å². The molecule has 0 saturated heterocycles. The van der Waals surface area contributed by atoms with Gasteiger partial charge in [0.15, 0.2) is 4.34 Å². The second-order valence-corrected chi connectivity index (χ2v) is 8.44. The lowest BCUT2D eigenvalue weighted by molar-refractivity contribution is -0.116. The zero-order valence-electron chi connectivity index (χ0n) is 13.8. The van der Waals surface area contributed by atoms with Gasteiger partial charge in [-0.3, -0.25) is 4.79 Å². The average molecular weight is 403 g/mol. The fourth-order valence-corrected chi connectivity index (χ4v) is 4.55. The summed E-state index contributed by atoms with van der Waals surface area (Å²) in [6, 6.07) is 9.61. The van der Waals surface area contributed by atoms with Gasteiger partial charge >= 0.3 is 0 Å². The van der Waals surface area contributed by atoms with Gasteiger partial charge in [0.1, 0.15) is 0 Å². The third kappa shape index (κ3) is 3.79. The number of thiazole rings is 1. The lowest BCUT2D eigenvalue weighted by Gasteiger charge is -2.03. The predicted molar refractivity (Wildman–Crippen MR) is 106 cm³/mol. The van der Waals surface area contributed by atoms with Crippen molar-refractivity contribution in [1.29, 1.82) is 0 Å². The Hall–Kier alpha value is -2.23. The molecule has 9 heteroatoms. The van der Waals surface area contributed by atoms with Crippen LogP contribution in [0.5, 0.6) is 0 Å². The van der Waals surface area contributed by atoms with Gasteiger partial charge in [0, 0.05) is 18.5 Å². The standard InChI is InChI=1S/C17H14N4O2S3/c1-24-17-19-11-5-4-10(9-13(11)26-17)18-14(22)6-7-15-20-16(21-23-15)12-3-2-8-25-12/h2-5,8-9H,6-7H2,1H3,(H,18,22). The molecule has 3 aromatic heterocycles. The van der Waals surface area contributed by atoms with Crippen molar-refractivity contribution in [3.05, 3.63) is 41.6 Å². The number of aromatic nitrogens is 3. The number of thiophene rings is 1. The van der Waals surface area contributed by atoms with Gasteiger partial charge in [-0.15, -0.1) is 22.7 Å². The highest BCUT2D eigenvalue weighted by molar-refractivity contribution is 8.00. The summed E-state index contributed by atoms with van der Waals surface area (Å²) < 4.78 is 7.29. The summed E-state index contributed by atoms with van der Waals surface area (Å²) in [5, 5.41) is 8.82. The van der Waals surface area contributed by atoms with Crippen molar-refractivity contribution in [2.75, 3.05) is 11.6 Å². The lowest BCUT2D eigenvalue weighted by Crippen LogP contribution is -2.12. The monoisotopic (exact) mass is 402 g/mol. The fourth-order valence-electron chi connectivity index (χ4n) is 2.37. The summed E-state index contributed by atoms with van der Waals surface area (Å²) in [6.45, 7) is 0. The van der Waals surface area contributed by atoms with E-state index in [1.165, 1.54) is 0 Å². The van der Waals surface area contributed by atoms with Crippen LogP contribution in [0, 0.1) is 0 Å². The molecular formula is C17H14N4O2S3. The average Bonchev–Trinajstić information content (AvgIpc) is 3.38. The maximum atomic E-state index is 12.2. The van der Waals surface area contributed by atoms with E-state index >= 15 is 0 Å². The fraction of sp³-hybridized carbons (Fsp3) is 0.176. The van der Waals surface area contributed by atoms with Crippen LogP contribution in [0.15, 0.2) is 44.6 Å². The first-order valence-electron chi connectivity index (χ1n) is 7.82. The van der Waals surface area contributed by atoms with Crippen molar-refractivity contribution < 1.29 is 9.32 Å². The lowest BCUT2D eigenvalue weighted by atomic mass is 10.2. The van der Waals surface area contributed by atoms with Crippen LogP contribution in [-0.2, 0) is 11.2 Å². The van der Waals surface area contributed by atoms with E-state index in [4.69, 9.17) is 4.52 Å². The molecule has 0 atom stereocenters. The van der Waals surface area contributed by atoms with Gasteiger partial charge in [-0.1, -0.05) is 23.0 Å². The molecular weight excluding hydrogens is 388 g/mol. The van der Waals surface area contributed by atoms with E-state index < -0.39 is 0 Å². The Morgan fingerprint density at radius 3 is 3.04 bits per heavy atom. The van der Waals surface area contributed by atoms with E-state index in [9.17, 15) is 4.79 Å². The molecule has 26 heavy (non-hydrogen) atoms. The molecule has 132 valence electrons. The summed E-state index contributed by atoms with van der Waals surface area (Å²) >= 11 is 4.79. The number of nitrogens with zero attached hydrogens (tertiary/aromatic N) is 3. The van der Waals surface area contributed by atoms with E-state index in [0.29, 0.717) is 18.1 Å². The number of carbonyl (C=O) groups is 1. The topological polar surface area (TPSA) is 80.9 Å². The highest BCUT2D eigenvalue weighted by Gasteiger charge is 2.12. The minimum atomic E-state index is -0.0881. The molecule has 0 aliphatic rings. The van der Waals surface area contributed by atoms with Crippen molar-refractivity contribution in [1.82, 2.24) is 15.1 Å². The molecule has 0 radical (unpaired) electrons. The van der Waals surface area contributed by atoms with Gasteiger partial charge in [0.25, 0.3) is 0 Å². The van der Waals surface area contributed by atoms with Crippen LogP contribution in [0.3, 0.4) is 0 Å². The molecule has 0 aliphatic heterocycles. The third-order valence-corrected chi connectivity index (χ3v) is 6.47. The maximum absolute atomic E-state index is 12.2. The number of amides is 1. The molecule has 4 rings (SSSR count). The third-order valence-electron chi connectivity index (χ3n) is 3.60. The highest BCUT2D eigenvalue weighted by atomic mass is 32.2. The van der Waals surface area contributed by atoms with E-state index in [1.807, 2.05) is 42.0 Å². The molecule has 1 N–H and O–H groups in total. The van der Waals surface area contributed by atoms with Gasteiger partial charge in [-0.25, -0.2) is 4.98 Å². The van der Waals surface area contributed by atoms with Crippen molar-refractivity contribution in [3.63, 3.8) is 0 Å². The van der Waals surface area contributed by atoms with Gasteiger partial charge in [-0.2, -0.15) is 4.98 Å². The molecule has 0 spiro atoms. The largest absolute Gasteiger partial charge is 0.339 e. The Kier molecular flexibility index (Phi) is 5.00. The number of anilines is 1. The quantitative estimate of drug-likeness (QED) is 0.471. The van der Waals surface area contributed by atoms with Crippen molar-refractivity contribution in [2.24, 2.45) is 0 Å². The highest BCUT2D eigenvalue weighted by Crippen LogP contribution is 2.30. The first kappa shape index (κ1) is 17.2. The van der Waals surface area contributed by atoms with E-state index in [1.54, 1.807) is 34.4 Å². The van der Waals surface area contributed by atoms with Crippen LogP contribution in [-0.4, -0.2) is 27.3 Å². The molecule has 0 saturated carbocycles. The predicted octanol–water partition coefficient (Wildman–Crippen LogP) is 4.70. The molecule has 1 aromatic carbocycles. The van der Waals surface area contributed by atoms with Crippen LogP contribution >= 0.6 is 34.4 Å². The number of nitrogens with one attached hydrogen (secondary N) is 1. The van der Waals surface area contributed by atoms with Crippen LogP contribution in [0.1, 0.15) is 12.3 Å². The van der Waals surface area contributed by atoms with E-state index in [-0.39, 0.29) is 12.3 Å². The van der Waals surface area contributed by atoms with Crippen molar-refractivity contribution in [2.45, 2.75) is 17.2 Å². The zero-order chi connectivity index (χ0) is 17.9. The maximum Gasteiger partial charge on any atom is 0.227 e. The Morgan fingerprint density at radius 2 is 2.23 bits per heavy atom. The number of aryl methyl sites for hydroxylation is 1. The van der Waals surface area contributed by atoms with Crippen LogP contribution in [0.25, 0.3) is 20.9 Å². The van der Waals surface area contributed by atoms with Crippen molar-refractivity contribution in [3.8, 4) is 10.7 Å². The molecule has 0 unspecified atom stereocenters. The molecule has 6 nitrogen and oxygen atoms in total. The van der Waals surface area contributed by atoms with E-state index in [2.05, 4.69) is 20.4 Å². The zero-order valence-corrected chi connectivity index (χ0v) is 16.2. The number of hydrogen-bond donors (Lipinski definition) is 1. The smallest absolute Gasteiger partial charge is 0.227 e. The molecule has 1 amide bonds. The minimum absolute atomic E-state index is 0.0881. The van der Waals surface area contributed by atoms with Gasteiger partial charge in [0.05, 0.1) is 15.1 Å². The molecule has 3 heterocycles. The second kappa shape index (κ2) is 7.56. The number of thioether (sulfide) groups is 1. The molecule has 0 bridgehead atoms. The van der Waals surface area contributed by atoms with Crippen molar-refractivity contribution >= 4 is 56.2 Å². The number of benzene rings is 1. The Morgan fingerprint density at radius 1 is 1.31 bits per heavy atom. The molecule has 0 fully saturated rings. The first-order chi connectivity index (χ1) is 12.7. The summed E-state index contributed by atoms with van der Waals surface area (Å²) in [6.07, 6.45) is 2.69. The Bertz CT molecular complexity index is 1040. The molecule has 0 aliphatic carbocycles.